The zero-order valence-corrected chi connectivity index (χ0v) is 10.1. The van der Waals surface area contributed by atoms with E-state index in [1.807, 2.05) is 43.4 Å². The fourth-order valence-corrected chi connectivity index (χ4v) is 2.59. The molecule has 0 amide bonds. The monoisotopic (exact) mass is 239 g/mol. The van der Waals surface area contributed by atoms with Crippen LogP contribution in [0, 0.1) is 0 Å². The molecule has 0 saturated carbocycles. The van der Waals surface area contributed by atoms with Gasteiger partial charge in [0.25, 0.3) is 0 Å². The summed E-state index contributed by atoms with van der Waals surface area (Å²) in [4.78, 5) is 10.9. The van der Waals surface area contributed by atoms with Gasteiger partial charge >= 0.3 is 5.97 Å². The van der Waals surface area contributed by atoms with Gasteiger partial charge in [-0.15, -0.1) is 0 Å². The van der Waals surface area contributed by atoms with Gasteiger partial charge in [0.2, 0.25) is 0 Å². The van der Waals surface area contributed by atoms with Crippen molar-refractivity contribution in [1.29, 1.82) is 0 Å². The maximum Gasteiger partial charge on any atom is 0.307 e. The minimum Gasteiger partial charge on any atom is -0.481 e. The largest absolute Gasteiger partial charge is 0.481 e. The molecule has 3 aromatic rings. The van der Waals surface area contributed by atoms with Gasteiger partial charge in [-0.25, -0.2) is 0 Å². The van der Waals surface area contributed by atoms with Gasteiger partial charge in [-0.2, -0.15) is 0 Å². The van der Waals surface area contributed by atoms with Crippen LogP contribution < -0.4 is 0 Å². The van der Waals surface area contributed by atoms with Crippen molar-refractivity contribution >= 4 is 27.8 Å². The molecule has 90 valence electrons. The third-order valence-electron chi connectivity index (χ3n) is 3.37. The molecular weight excluding hydrogens is 226 g/mol. The van der Waals surface area contributed by atoms with Crippen LogP contribution in [-0.4, -0.2) is 15.6 Å². The number of aromatic nitrogens is 1. The van der Waals surface area contributed by atoms with E-state index in [4.69, 9.17) is 5.11 Å². The van der Waals surface area contributed by atoms with Crippen LogP contribution in [0.5, 0.6) is 0 Å². The Hall–Kier alpha value is -2.29. The van der Waals surface area contributed by atoms with Crippen LogP contribution in [0.25, 0.3) is 21.8 Å². The number of carboxylic acid groups (broad SMARTS) is 1. The summed E-state index contributed by atoms with van der Waals surface area (Å²) in [7, 11) is 2.01. The molecule has 1 N–H and O–H groups in total. The second-order valence-electron chi connectivity index (χ2n) is 4.46. The van der Waals surface area contributed by atoms with Crippen LogP contribution in [-0.2, 0) is 18.3 Å². The lowest BCUT2D eigenvalue weighted by molar-refractivity contribution is -0.136. The molecule has 0 aliphatic carbocycles. The second-order valence-corrected chi connectivity index (χ2v) is 4.46. The van der Waals surface area contributed by atoms with E-state index in [0.717, 1.165) is 27.4 Å². The highest BCUT2D eigenvalue weighted by molar-refractivity contribution is 6.10. The van der Waals surface area contributed by atoms with E-state index in [-0.39, 0.29) is 6.42 Å². The van der Waals surface area contributed by atoms with Crippen molar-refractivity contribution in [2.75, 3.05) is 0 Å². The van der Waals surface area contributed by atoms with Crippen molar-refractivity contribution in [1.82, 2.24) is 4.57 Å². The van der Waals surface area contributed by atoms with E-state index in [2.05, 4.69) is 10.6 Å². The number of carbonyl (C=O) groups is 1. The zero-order valence-electron chi connectivity index (χ0n) is 10.1. The lowest BCUT2D eigenvalue weighted by Crippen LogP contribution is -2.00. The van der Waals surface area contributed by atoms with Crippen molar-refractivity contribution in [3.8, 4) is 0 Å². The summed E-state index contributed by atoms with van der Waals surface area (Å²) >= 11 is 0. The van der Waals surface area contributed by atoms with Gasteiger partial charge in [0.1, 0.15) is 0 Å². The number of hydrogen-bond acceptors (Lipinski definition) is 1. The number of fused-ring (bicyclic) bond motifs is 3. The van der Waals surface area contributed by atoms with Gasteiger partial charge in [-0.05, 0) is 17.7 Å². The van der Waals surface area contributed by atoms with Gasteiger partial charge in [-0.1, -0.05) is 30.3 Å². The number of rotatable bonds is 2. The Kier molecular flexibility index (Phi) is 2.33. The molecule has 0 saturated heterocycles. The highest BCUT2D eigenvalue weighted by Gasteiger charge is 2.12. The van der Waals surface area contributed by atoms with Gasteiger partial charge in [0.15, 0.2) is 0 Å². The zero-order chi connectivity index (χ0) is 12.7. The average Bonchev–Trinajstić information content (AvgIpc) is 2.65. The van der Waals surface area contributed by atoms with Crippen molar-refractivity contribution in [2.24, 2.45) is 7.05 Å². The van der Waals surface area contributed by atoms with E-state index >= 15 is 0 Å². The summed E-state index contributed by atoms with van der Waals surface area (Å²) in [5, 5.41) is 11.2. The van der Waals surface area contributed by atoms with Crippen LogP contribution in [0.15, 0.2) is 42.5 Å². The molecular formula is C15H13NO2. The maximum absolute atomic E-state index is 10.9. The van der Waals surface area contributed by atoms with E-state index in [9.17, 15) is 4.79 Å². The Morgan fingerprint density at radius 2 is 1.83 bits per heavy atom. The smallest absolute Gasteiger partial charge is 0.307 e. The fraction of sp³-hybridized carbons (Fsp3) is 0.133. The maximum atomic E-state index is 10.9. The molecule has 0 aliphatic rings. The molecule has 2 aromatic carbocycles. The SMILES string of the molecule is Cn1c2ccccc2c2c(CC(=O)O)cccc21. The molecule has 3 heteroatoms. The van der Waals surface area contributed by atoms with E-state index in [0.29, 0.717) is 0 Å². The highest BCUT2D eigenvalue weighted by atomic mass is 16.4. The molecule has 0 atom stereocenters. The standard InChI is InChI=1S/C15H13NO2/c1-16-12-7-3-2-6-11(12)15-10(9-14(17)18)5-4-8-13(15)16/h2-8H,9H2,1H3,(H,17,18). The molecule has 3 rings (SSSR count). The van der Waals surface area contributed by atoms with Crippen molar-refractivity contribution < 1.29 is 9.90 Å². The summed E-state index contributed by atoms with van der Waals surface area (Å²) in [5.41, 5.74) is 3.08. The van der Waals surface area contributed by atoms with Crippen molar-refractivity contribution in [2.45, 2.75) is 6.42 Å². The predicted octanol–water partition coefficient (Wildman–Crippen LogP) is 2.96. The molecule has 0 unspecified atom stereocenters. The first kappa shape index (κ1) is 10.8. The predicted molar refractivity (Wildman–Crippen MR) is 71.8 cm³/mol. The Morgan fingerprint density at radius 3 is 2.61 bits per heavy atom. The molecule has 0 radical (unpaired) electrons. The molecule has 0 spiro atoms. The number of aryl methyl sites for hydroxylation is 1. The summed E-state index contributed by atoms with van der Waals surface area (Å²) < 4.78 is 2.11. The number of aliphatic carboxylic acids is 1. The van der Waals surface area contributed by atoms with Crippen LogP contribution >= 0.6 is 0 Å². The number of benzene rings is 2. The second kappa shape index (κ2) is 3.88. The van der Waals surface area contributed by atoms with Crippen molar-refractivity contribution in [3.05, 3.63) is 48.0 Å². The fourth-order valence-electron chi connectivity index (χ4n) is 2.59. The molecule has 0 fully saturated rings. The van der Waals surface area contributed by atoms with Gasteiger partial charge in [0, 0.05) is 28.9 Å². The molecule has 0 aliphatic heterocycles. The van der Waals surface area contributed by atoms with Crippen LogP contribution in [0.1, 0.15) is 5.56 Å². The van der Waals surface area contributed by atoms with Crippen molar-refractivity contribution in [3.63, 3.8) is 0 Å². The van der Waals surface area contributed by atoms with Gasteiger partial charge in [0.05, 0.1) is 6.42 Å². The lowest BCUT2D eigenvalue weighted by Gasteiger charge is -2.01. The van der Waals surface area contributed by atoms with E-state index in [1.165, 1.54) is 0 Å². The number of carboxylic acids is 1. The molecule has 3 nitrogen and oxygen atoms in total. The van der Waals surface area contributed by atoms with Crippen LogP contribution in [0.3, 0.4) is 0 Å². The third-order valence-corrected chi connectivity index (χ3v) is 3.37. The number of nitrogens with zero attached hydrogens (tertiary/aromatic N) is 1. The summed E-state index contributed by atoms with van der Waals surface area (Å²) in [6.07, 6.45) is 0.0609. The third kappa shape index (κ3) is 1.48. The normalized spacial score (nSPS) is 11.2. The Balaban J connectivity index is 2.45. The molecule has 1 aromatic heterocycles. The number of hydrogen-bond donors (Lipinski definition) is 1. The molecule has 1 heterocycles. The van der Waals surface area contributed by atoms with E-state index in [1.54, 1.807) is 0 Å². The first-order valence-electron chi connectivity index (χ1n) is 5.85. The number of para-hydroxylation sites is 1. The molecule has 0 bridgehead atoms. The molecule has 18 heavy (non-hydrogen) atoms. The summed E-state index contributed by atoms with van der Waals surface area (Å²) in [5.74, 6) is -0.796. The Morgan fingerprint density at radius 1 is 1.11 bits per heavy atom. The highest BCUT2D eigenvalue weighted by Crippen LogP contribution is 2.30. The van der Waals surface area contributed by atoms with Crippen LogP contribution in [0.4, 0.5) is 0 Å². The lowest BCUT2D eigenvalue weighted by atomic mass is 10.0. The topological polar surface area (TPSA) is 42.2 Å². The first-order chi connectivity index (χ1) is 8.68. The quantitative estimate of drug-likeness (QED) is 0.747. The minimum atomic E-state index is -0.796. The average molecular weight is 239 g/mol. The van der Waals surface area contributed by atoms with E-state index < -0.39 is 5.97 Å². The summed E-state index contributed by atoms with van der Waals surface area (Å²) in [6.45, 7) is 0. The Bertz CT molecular complexity index is 756. The summed E-state index contributed by atoms with van der Waals surface area (Å²) in [6, 6.07) is 13.9. The first-order valence-corrected chi connectivity index (χ1v) is 5.85. The van der Waals surface area contributed by atoms with Gasteiger partial charge < -0.3 is 9.67 Å². The van der Waals surface area contributed by atoms with Gasteiger partial charge in [-0.3, -0.25) is 4.79 Å². The Labute approximate surface area is 104 Å². The van der Waals surface area contributed by atoms with Crippen LogP contribution in [0.2, 0.25) is 0 Å². The minimum absolute atomic E-state index is 0.0609.